The highest BCUT2D eigenvalue weighted by Crippen LogP contribution is 2.49. The topological polar surface area (TPSA) is 94.5 Å². The molecule has 0 aliphatic heterocycles. The number of phenols is 1. The zero-order valence-electron chi connectivity index (χ0n) is 29.7. The van der Waals surface area contributed by atoms with Crippen molar-refractivity contribution in [2.75, 3.05) is 40.8 Å². The van der Waals surface area contributed by atoms with Crippen molar-refractivity contribution < 1.29 is 24.5 Å². The van der Waals surface area contributed by atoms with E-state index in [1.165, 1.54) is 22.3 Å². The Hall–Kier alpha value is -3.59. The number of benzene rings is 3. The normalized spacial score (nSPS) is 21.6. The van der Waals surface area contributed by atoms with Crippen LogP contribution in [0.2, 0.25) is 0 Å². The van der Waals surface area contributed by atoms with Gasteiger partial charge in [-0.3, -0.25) is 9.69 Å². The number of carbonyl (C=O) groups excluding carboxylic acids is 1. The van der Waals surface area contributed by atoms with E-state index in [-0.39, 0.29) is 23.6 Å². The van der Waals surface area contributed by atoms with Gasteiger partial charge in [-0.2, -0.15) is 0 Å². The van der Waals surface area contributed by atoms with Crippen molar-refractivity contribution in [3.8, 4) is 17.2 Å². The van der Waals surface area contributed by atoms with Crippen LogP contribution in [0.4, 0.5) is 0 Å². The number of aromatic hydroxyl groups is 1. The van der Waals surface area contributed by atoms with Crippen LogP contribution in [-0.4, -0.2) is 84.4 Å². The third kappa shape index (κ3) is 7.36. The summed E-state index contributed by atoms with van der Waals surface area (Å²) in [6, 6.07) is 19.6. The van der Waals surface area contributed by atoms with Gasteiger partial charge in [0.25, 0.3) is 5.91 Å². The van der Waals surface area contributed by atoms with Crippen LogP contribution in [0.1, 0.15) is 86.3 Å². The number of nitrogens with zero attached hydrogens (tertiary/aromatic N) is 2. The third-order valence-corrected chi connectivity index (χ3v) is 10.6. The largest absolute Gasteiger partial charge is 0.508 e. The minimum atomic E-state index is -0.712. The maximum atomic E-state index is 14.4. The van der Waals surface area contributed by atoms with Crippen LogP contribution < -0.4 is 14.8 Å². The summed E-state index contributed by atoms with van der Waals surface area (Å²) in [6.45, 7) is 8.88. The molecular weight excluding hydrogens is 602 g/mol. The maximum absolute atomic E-state index is 14.4. The molecule has 2 aliphatic carbocycles. The molecule has 8 nitrogen and oxygen atoms in total. The molecule has 0 aromatic heterocycles. The molecule has 0 bridgehead atoms. The number of likely N-dealkylation sites (N-methyl/N-ethyl adjacent to an activating group) is 1. The second-order valence-electron chi connectivity index (χ2n) is 13.8. The molecule has 0 spiro atoms. The lowest BCUT2D eigenvalue weighted by atomic mass is 9.65. The molecule has 2 aliphatic rings. The third-order valence-electron chi connectivity index (χ3n) is 10.6. The Morgan fingerprint density at radius 2 is 1.75 bits per heavy atom. The van der Waals surface area contributed by atoms with Crippen LogP contribution >= 0.6 is 0 Å². The fourth-order valence-electron chi connectivity index (χ4n) is 8.09. The molecule has 8 heteroatoms. The number of rotatable bonds is 14. The van der Waals surface area contributed by atoms with Crippen molar-refractivity contribution in [2.24, 2.45) is 0 Å². The van der Waals surface area contributed by atoms with Crippen LogP contribution in [0.25, 0.3) is 0 Å². The Labute approximate surface area is 287 Å². The number of hydrogen-bond donors (Lipinski definition) is 3. The molecule has 3 N–H and O–H groups in total. The number of phenolic OH excluding ortho intramolecular Hbond substituents is 1. The van der Waals surface area contributed by atoms with Gasteiger partial charge < -0.3 is 29.9 Å². The lowest BCUT2D eigenvalue weighted by Gasteiger charge is -2.54. The summed E-state index contributed by atoms with van der Waals surface area (Å²) in [5.41, 5.74) is 5.19. The average Bonchev–Trinajstić information content (AvgIpc) is 3.09. The van der Waals surface area contributed by atoms with Crippen molar-refractivity contribution in [1.29, 1.82) is 0 Å². The van der Waals surface area contributed by atoms with E-state index in [1.54, 1.807) is 36.3 Å². The standard InChI is InChI=1S/C40H55N3O5/c1-7-22-43(23-8-2)40(21-20-35-34(27(40)3)10-9-11-37(35)47-6)38(39(46)42(4)5)48-33-19-15-28-12-16-31(24-30(28)25-33)41-26-36(45)29-13-17-32(44)18-14-29/h9-11,13-15,17-19,25,27,31,36,38,41,44-45H,7-8,12,16,20-24,26H2,1-6H3/t27-,31+,36+,38-,40+/m0/s1. The van der Waals surface area contributed by atoms with E-state index in [1.807, 2.05) is 26.2 Å². The molecular formula is C40H55N3O5. The van der Waals surface area contributed by atoms with Crippen LogP contribution in [0.15, 0.2) is 60.7 Å². The van der Waals surface area contributed by atoms with E-state index in [2.05, 4.69) is 55.3 Å². The predicted molar refractivity (Wildman–Crippen MR) is 191 cm³/mol. The Kier molecular flexibility index (Phi) is 11.7. The minimum absolute atomic E-state index is 0.0223. The number of carbonyl (C=O) groups is 1. The molecule has 3 aromatic carbocycles. The molecule has 0 saturated heterocycles. The summed E-state index contributed by atoms with van der Waals surface area (Å²) in [7, 11) is 5.39. The van der Waals surface area contributed by atoms with E-state index in [4.69, 9.17) is 9.47 Å². The first-order valence-electron chi connectivity index (χ1n) is 17.7. The summed E-state index contributed by atoms with van der Waals surface area (Å²) in [6.07, 6.45) is 4.91. The first kappa shape index (κ1) is 35.7. The Morgan fingerprint density at radius 1 is 1.02 bits per heavy atom. The lowest BCUT2D eigenvalue weighted by Crippen LogP contribution is -2.67. The SMILES string of the molecule is CCCN(CCC)[C@]1([C@@H](Oc2ccc3c(c2)C[C@H](NC[C@@H](O)c2ccc(O)cc2)CC3)C(=O)N(C)C)CCc2c(OC)cccc2[C@@H]1C. The number of ether oxygens (including phenoxy) is 2. The number of aliphatic hydroxyl groups excluding tert-OH is 1. The van der Waals surface area contributed by atoms with Gasteiger partial charge in [-0.1, -0.05) is 51.1 Å². The van der Waals surface area contributed by atoms with Crippen LogP contribution in [0, 0.1) is 0 Å². The second kappa shape index (κ2) is 15.7. The van der Waals surface area contributed by atoms with Gasteiger partial charge in [0.1, 0.15) is 17.2 Å². The number of methoxy groups -OCH3 is 1. The van der Waals surface area contributed by atoms with Gasteiger partial charge in [0.2, 0.25) is 0 Å². The Balaban J connectivity index is 1.45. The summed E-state index contributed by atoms with van der Waals surface area (Å²) in [4.78, 5) is 18.6. The molecule has 1 amide bonds. The molecule has 0 unspecified atom stereocenters. The van der Waals surface area contributed by atoms with E-state index >= 15 is 0 Å². The van der Waals surface area contributed by atoms with Gasteiger partial charge in [0.15, 0.2) is 6.10 Å². The number of hydrogen-bond acceptors (Lipinski definition) is 7. The second-order valence-corrected chi connectivity index (χ2v) is 13.8. The number of amides is 1. The molecule has 5 rings (SSSR count). The monoisotopic (exact) mass is 657 g/mol. The van der Waals surface area contributed by atoms with Crippen molar-refractivity contribution >= 4 is 5.91 Å². The molecule has 0 radical (unpaired) electrons. The molecule has 3 aromatic rings. The maximum Gasteiger partial charge on any atom is 0.265 e. The highest BCUT2D eigenvalue weighted by molar-refractivity contribution is 5.83. The summed E-state index contributed by atoms with van der Waals surface area (Å²) >= 11 is 0. The zero-order chi connectivity index (χ0) is 34.4. The first-order valence-corrected chi connectivity index (χ1v) is 17.7. The molecule has 0 heterocycles. The Bertz CT molecular complexity index is 1520. The predicted octanol–water partition coefficient (Wildman–Crippen LogP) is 6.03. The van der Waals surface area contributed by atoms with Crippen molar-refractivity contribution in [3.05, 3.63) is 88.5 Å². The number of nitrogens with one attached hydrogen (secondary N) is 1. The lowest BCUT2D eigenvalue weighted by molar-refractivity contribution is -0.148. The number of fused-ring (bicyclic) bond motifs is 2. The van der Waals surface area contributed by atoms with Gasteiger partial charge in [-0.15, -0.1) is 0 Å². The molecule has 0 saturated carbocycles. The zero-order valence-corrected chi connectivity index (χ0v) is 29.7. The highest BCUT2D eigenvalue weighted by atomic mass is 16.5. The van der Waals surface area contributed by atoms with Crippen molar-refractivity contribution in [2.45, 2.75) is 95.4 Å². The van der Waals surface area contributed by atoms with E-state index < -0.39 is 17.7 Å². The summed E-state index contributed by atoms with van der Waals surface area (Å²) in [5, 5.41) is 23.9. The van der Waals surface area contributed by atoms with E-state index in [0.717, 1.165) is 75.1 Å². The van der Waals surface area contributed by atoms with Gasteiger partial charge in [-0.25, -0.2) is 0 Å². The Morgan fingerprint density at radius 3 is 2.42 bits per heavy atom. The van der Waals surface area contributed by atoms with Gasteiger partial charge >= 0.3 is 0 Å². The molecule has 0 fully saturated rings. The van der Waals surface area contributed by atoms with E-state index in [9.17, 15) is 15.0 Å². The minimum Gasteiger partial charge on any atom is -0.508 e. The van der Waals surface area contributed by atoms with Crippen molar-refractivity contribution in [1.82, 2.24) is 15.1 Å². The fourth-order valence-corrected chi connectivity index (χ4v) is 8.09. The summed E-state index contributed by atoms with van der Waals surface area (Å²) in [5.74, 6) is 1.82. The smallest absolute Gasteiger partial charge is 0.265 e. The van der Waals surface area contributed by atoms with Crippen LogP contribution in [0.3, 0.4) is 0 Å². The van der Waals surface area contributed by atoms with Crippen LogP contribution in [0.5, 0.6) is 17.2 Å². The van der Waals surface area contributed by atoms with Gasteiger partial charge in [-0.05, 0) is 116 Å². The number of aliphatic hydroxyl groups is 1. The fraction of sp³-hybridized carbons (Fsp3) is 0.525. The molecule has 48 heavy (non-hydrogen) atoms. The van der Waals surface area contributed by atoms with Crippen LogP contribution in [-0.2, 0) is 24.1 Å². The quantitative estimate of drug-likeness (QED) is 0.195. The van der Waals surface area contributed by atoms with Gasteiger partial charge in [0.05, 0.1) is 18.8 Å². The average molecular weight is 658 g/mol. The van der Waals surface area contributed by atoms with Gasteiger partial charge in [0, 0.05) is 32.6 Å². The van der Waals surface area contributed by atoms with Crippen molar-refractivity contribution in [3.63, 3.8) is 0 Å². The molecule has 260 valence electrons. The highest BCUT2D eigenvalue weighted by Gasteiger charge is 2.55. The first-order chi connectivity index (χ1) is 23.1. The number of aryl methyl sites for hydroxylation is 1. The summed E-state index contributed by atoms with van der Waals surface area (Å²) < 4.78 is 12.8. The van der Waals surface area contributed by atoms with E-state index in [0.29, 0.717) is 6.54 Å². The molecule has 5 atom stereocenters.